The molecule has 2 aliphatic heterocycles. The number of nitrogens with zero attached hydrogens (tertiary/aromatic N) is 1. The van der Waals surface area contributed by atoms with Crippen LogP contribution in [0.2, 0.25) is 0 Å². The molecule has 0 aliphatic carbocycles. The van der Waals surface area contributed by atoms with E-state index in [-0.39, 0.29) is 12.1 Å². The van der Waals surface area contributed by atoms with E-state index in [0.29, 0.717) is 18.4 Å². The van der Waals surface area contributed by atoms with Crippen molar-refractivity contribution in [3.05, 3.63) is 71.3 Å². The molecular formula is C20H21F2NO. The van der Waals surface area contributed by atoms with E-state index in [1.807, 2.05) is 18.2 Å². The fourth-order valence-corrected chi connectivity index (χ4v) is 4.39. The monoisotopic (exact) mass is 329 g/mol. The first-order valence-corrected chi connectivity index (χ1v) is 8.53. The lowest BCUT2D eigenvalue weighted by Gasteiger charge is -2.44. The minimum absolute atomic E-state index is 0.280. The fourth-order valence-electron chi connectivity index (χ4n) is 4.39. The van der Waals surface area contributed by atoms with Crippen LogP contribution in [0.4, 0.5) is 8.78 Å². The fraction of sp³-hybridized carbons (Fsp3) is 0.400. The van der Waals surface area contributed by atoms with Crippen LogP contribution in [0.15, 0.2) is 48.5 Å². The predicted molar refractivity (Wildman–Crippen MR) is 88.3 cm³/mol. The molecule has 2 heterocycles. The molecule has 126 valence electrons. The van der Waals surface area contributed by atoms with Crippen molar-refractivity contribution in [3.63, 3.8) is 0 Å². The highest BCUT2D eigenvalue weighted by Gasteiger charge is 2.48. The van der Waals surface area contributed by atoms with Crippen molar-refractivity contribution in [1.29, 1.82) is 0 Å². The number of fused-ring (bicyclic) bond motifs is 2. The van der Waals surface area contributed by atoms with Gasteiger partial charge in [0.05, 0.1) is 5.60 Å². The summed E-state index contributed by atoms with van der Waals surface area (Å²) in [4.78, 5) is 2.46. The molecule has 0 amide bonds. The van der Waals surface area contributed by atoms with Crippen molar-refractivity contribution in [1.82, 2.24) is 4.90 Å². The summed E-state index contributed by atoms with van der Waals surface area (Å²) in [7, 11) is 0. The maximum Gasteiger partial charge on any atom is 0.159 e. The first-order valence-electron chi connectivity index (χ1n) is 8.53. The second kappa shape index (κ2) is 5.94. The molecule has 24 heavy (non-hydrogen) atoms. The third-order valence-electron chi connectivity index (χ3n) is 5.58. The van der Waals surface area contributed by atoms with E-state index in [9.17, 15) is 13.9 Å². The van der Waals surface area contributed by atoms with Crippen LogP contribution in [0.3, 0.4) is 0 Å². The minimum atomic E-state index is -1.06. The van der Waals surface area contributed by atoms with E-state index in [0.717, 1.165) is 31.5 Å². The molecule has 2 aliphatic rings. The summed E-state index contributed by atoms with van der Waals surface area (Å²) >= 11 is 0. The zero-order chi connectivity index (χ0) is 16.7. The van der Waals surface area contributed by atoms with Gasteiger partial charge in [0, 0.05) is 18.6 Å². The molecular weight excluding hydrogens is 308 g/mol. The quantitative estimate of drug-likeness (QED) is 0.921. The largest absolute Gasteiger partial charge is 0.385 e. The maximum absolute atomic E-state index is 13.6. The molecule has 0 saturated carbocycles. The molecule has 2 nitrogen and oxygen atoms in total. The smallest absolute Gasteiger partial charge is 0.159 e. The first-order chi connectivity index (χ1) is 11.5. The van der Waals surface area contributed by atoms with Gasteiger partial charge < -0.3 is 5.11 Å². The standard InChI is InChI=1S/C20H21F2NO/c21-18-9-6-15(10-19(18)22)20(24)11-16-7-8-17(12-20)23(16)13-14-4-2-1-3-5-14/h1-6,9-10,16-17,24H,7-8,11-13H2. The normalized spacial score (nSPS) is 29.8. The lowest BCUT2D eigenvalue weighted by atomic mass is 9.80. The molecule has 2 unspecified atom stereocenters. The van der Waals surface area contributed by atoms with Gasteiger partial charge in [-0.15, -0.1) is 0 Å². The number of rotatable bonds is 3. The van der Waals surface area contributed by atoms with E-state index in [1.54, 1.807) is 0 Å². The van der Waals surface area contributed by atoms with Gasteiger partial charge in [-0.1, -0.05) is 36.4 Å². The first kappa shape index (κ1) is 15.7. The summed E-state index contributed by atoms with van der Waals surface area (Å²) in [6.07, 6.45) is 3.23. The molecule has 0 spiro atoms. The van der Waals surface area contributed by atoms with Gasteiger partial charge >= 0.3 is 0 Å². The zero-order valence-corrected chi connectivity index (χ0v) is 13.5. The molecule has 0 radical (unpaired) electrons. The Bertz CT molecular complexity index is 720. The zero-order valence-electron chi connectivity index (χ0n) is 13.5. The van der Waals surface area contributed by atoms with E-state index >= 15 is 0 Å². The van der Waals surface area contributed by atoms with Crippen LogP contribution in [-0.4, -0.2) is 22.1 Å². The number of halogens is 2. The number of aliphatic hydroxyl groups is 1. The van der Waals surface area contributed by atoms with Gasteiger partial charge in [-0.25, -0.2) is 8.78 Å². The Balaban J connectivity index is 1.56. The third-order valence-corrected chi connectivity index (χ3v) is 5.58. The SMILES string of the molecule is OC1(c2ccc(F)c(F)c2)CC2CCC(C1)N2Cc1ccccc1. The summed E-state index contributed by atoms with van der Waals surface area (Å²) in [5, 5.41) is 11.1. The van der Waals surface area contributed by atoms with Crippen LogP contribution in [0.5, 0.6) is 0 Å². The molecule has 2 aromatic rings. The number of benzene rings is 2. The van der Waals surface area contributed by atoms with Gasteiger partial charge in [-0.3, -0.25) is 4.90 Å². The number of hydrogen-bond acceptors (Lipinski definition) is 2. The minimum Gasteiger partial charge on any atom is -0.385 e. The van der Waals surface area contributed by atoms with E-state index in [2.05, 4.69) is 17.0 Å². The van der Waals surface area contributed by atoms with Crippen molar-refractivity contribution in [2.45, 2.75) is 49.9 Å². The van der Waals surface area contributed by atoms with Crippen LogP contribution >= 0.6 is 0 Å². The van der Waals surface area contributed by atoms with Crippen molar-refractivity contribution in [2.24, 2.45) is 0 Å². The van der Waals surface area contributed by atoms with Gasteiger partial charge in [0.25, 0.3) is 0 Å². The van der Waals surface area contributed by atoms with Gasteiger partial charge in [0.2, 0.25) is 0 Å². The highest BCUT2D eigenvalue weighted by Crippen LogP contribution is 2.46. The van der Waals surface area contributed by atoms with Gasteiger partial charge in [0.1, 0.15) is 0 Å². The van der Waals surface area contributed by atoms with Crippen LogP contribution in [0.1, 0.15) is 36.8 Å². The summed E-state index contributed by atoms with van der Waals surface area (Å²) in [5.74, 6) is -1.76. The molecule has 4 heteroatoms. The Morgan fingerprint density at radius 1 is 0.958 bits per heavy atom. The highest BCUT2D eigenvalue weighted by molar-refractivity contribution is 5.27. The Morgan fingerprint density at radius 2 is 1.62 bits per heavy atom. The van der Waals surface area contributed by atoms with Crippen LogP contribution in [0.25, 0.3) is 0 Å². The third kappa shape index (κ3) is 2.74. The molecule has 0 aromatic heterocycles. The van der Waals surface area contributed by atoms with Crippen LogP contribution < -0.4 is 0 Å². The Morgan fingerprint density at radius 3 is 2.25 bits per heavy atom. The summed E-state index contributed by atoms with van der Waals surface area (Å²) in [5.41, 5.74) is 0.707. The summed E-state index contributed by atoms with van der Waals surface area (Å²) in [6, 6.07) is 14.7. The molecule has 1 N–H and O–H groups in total. The second-order valence-corrected chi connectivity index (χ2v) is 7.11. The van der Waals surface area contributed by atoms with Crippen LogP contribution in [-0.2, 0) is 12.1 Å². The van der Waals surface area contributed by atoms with Gasteiger partial charge in [0.15, 0.2) is 11.6 Å². The van der Waals surface area contributed by atoms with Crippen molar-refractivity contribution in [3.8, 4) is 0 Å². The summed E-state index contributed by atoms with van der Waals surface area (Å²) < 4.78 is 26.8. The second-order valence-electron chi connectivity index (χ2n) is 7.11. The van der Waals surface area contributed by atoms with Gasteiger partial charge in [-0.2, -0.15) is 0 Å². The highest BCUT2D eigenvalue weighted by atomic mass is 19.2. The molecule has 2 fully saturated rings. The van der Waals surface area contributed by atoms with Crippen LogP contribution in [0, 0.1) is 11.6 Å². The number of hydrogen-bond donors (Lipinski definition) is 1. The van der Waals surface area contributed by atoms with E-state index < -0.39 is 17.2 Å². The Labute approximate surface area is 140 Å². The van der Waals surface area contributed by atoms with Crippen molar-refractivity contribution >= 4 is 0 Å². The lowest BCUT2D eigenvalue weighted by Crippen LogP contribution is -2.49. The molecule has 2 saturated heterocycles. The molecule has 2 aromatic carbocycles. The maximum atomic E-state index is 13.6. The molecule has 2 atom stereocenters. The van der Waals surface area contributed by atoms with Crippen molar-refractivity contribution in [2.75, 3.05) is 0 Å². The lowest BCUT2D eigenvalue weighted by molar-refractivity contribution is -0.0597. The Kier molecular flexibility index (Phi) is 3.89. The molecule has 2 bridgehead atoms. The van der Waals surface area contributed by atoms with Crippen molar-refractivity contribution < 1.29 is 13.9 Å². The Hall–Kier alpha value is -1.78. The average Bonchev–Trinajstić information content (AvgIpc) is 2.82. The van der Waals surface area contributed by atoms with E-state index in [4.69, 9.17) is 0 Å². The molecule has 4 rings (SSSR count). The summed E-state index contributed by atoms with van der Waals surface area (Å²) in [6.45, 7) is 0.879. The van der Waals surface area contributed by atoms with Gasteiger partial charge in [-0.05, 0) is 48.9 Å². The average molecular weight is 329 g/mol. The predicted octanol–water partition coefficient (Wildman–Crippen LogP) is 3.98. The topological polar surface area (TPSA) is 23.5 Å². The number of piperidine rings is 1. The van der Waals surface area contributed by atoms with E-state index in [1.165, 1.54) is 11.6 Å².